The first-order chi connectivity index (χ1) is 9.09. The summed E-state index contributed by atoms with van der Waals surface area (Å²) in [7, 11) is -5.31. The van der Waals surface area contributed by atoms with Crippen LogP contribution < -0.4 is 5.32 Å². The van der Waals surface area contributed by atoms with Gasteiger partial charge < -0.3 is 10.4 Å². The minimum atomic E-state index is -5.31. The Morgan fingerprint density at radius 2 is 1.70 bits per heavy atom. The van der Waals surface area contributed by atoms with Crippen molar-refractivity contribution in [3.05, 3.63) is 24.3 Å². The molecule has 0 aliphatic heterocycles. The van der Waals surface area contributed by atoms with E-state index in [2.05, 4.69) is 5.32 Å². The molecule has 0 fully saturated rings. The van der Waals surface area contributed by atoms with Crippen LogP contribution in [0.5, 0.6) is 0 Å². The average Bonchev–Trinajstić information content (AvgIpc) is 2.37. The number of rotatable bonds is 5. The Morgan fingerprint density at radius 1 is 1.20 bits per heavy atom. The standard InChI is InChI=1S/C12H16F3NO3S/c1-8(7-17)9(2)16-10-3-5-11(6-4-10)20(18,19)12(13,14)15/h3-6,8-9,16-17H,7H2,1-2H3. The normalized spacial score (nSPS) is 15.7. The number of anilines is 1. The maximum atomic E-state index is 12.4. The summed E-state index contributed by atoms with van der Waals surface area (Å²) in [6, 6.07) is 4.23. The molecule has 0 aromatic heterocycles. The van der Waals surface area contributed by atoms with E-state index in [0.717, 1.165) is 12.1 Å². The Bertz CT molecular complexity index is 540. The van der Waals surface area contributed by atoms with Crippen LogP contribution in [0.2, 0.25) is 0 Å². The van der Waals surface area contributed by atoms with Crippen LogP contribution in [0.25, 0.3) is 0 Å². The molecule has 0 bridgehead atoms. The molecular formula is C12H16F3NO3S. The van der Waals surface area contributed by atoms with Crippen molar-refractivity contribution < 1.29 is 26.7 Å². The lowest BCUT2D eigenvalue weighted by molar-refractivity contribution is -0.0436. The lowest BCUT2D eigenvalue weighted by atomic mass is 10.1. The SMILES string of the molecule is CC(CO)C(C)Nc1ccc(S(=O)(=O)C(F)(F)F)cc1. The van der Waals surface area contributed by atoms with Gasteiger partial charge in [0.25, 0.3) is 9.84 Å². The first kappa shape index (κ1) is 16.8. The van der Waals surface area contributed by atoms with Gasteiger partial charge in [0.2, 0.25) is 0 Å². The van der Waals surface area contributed by atoms with Crippen LogP contribution in [0.1, 0.15) is 13.8 Å². The van der Waals surface area contributed by atoms with Crippen molar-refractivity contribution in [2.75, 3.05) is 11.9 Å². The zero-order chi connectivity index (χ0) is 15.6. The average molecular weight is 311 g/mol. The maximum absolute atomic E-state index is 12.4. The van der Waals surface area contributed by atoms with Crippen LogP contribution >= 0.6 is 0 Å². The van der Waals surface area contributed by atoms with Gasteiger partial charge in [-0.2, -0.15) is 13.2 Å². The molecular weight excluding hydrogens is 295 g/mol. The topological polar surface area (TPSA) is 66.4 Å². The van der Waals surface area contributed by atoms with Crippen LogP contribution in [0.4, 0.5) is 18.9 Å². The highest BCUT2D eigenvalue weighted by Gasteiger charge is 2.46. The van der Waals surface area contributed by atoms with Crippen molar-refractivity contribution in [3.63, 3.8) is 0 Å². The Kier molecular flexibility index (Phi) is 5.04. The van der Waals surface area contributed by atoms with Crippen molar-refractivity contribution in [3.8, 4) is 0 Å². The number of hydrogen-bond acceptors (Lipinski definition) is 4. The van der Waals surface area contributed by atoms with E-state index in [-0.39, 0.29) is 18.6 Å². The fourth-order valence-electron chi connectivity index (χ4n) is 1.43. The van der Waals surface area contributed by atoms with E-state index in [1.165, 1.54) is 12.1 Å². The van der Waals surface area contributed by atoms with Gasteiger partial charge in [-0.05, 0) is 37.1 Å². The third-order valence-electron chi connectivity index (χ3n) is 3.01. The van der Waals surface area contributed by atoms with E-state index < -0.39 is 20.2 Å². The highest BCUT2D eigenvalue weighted by molar-refractivity contribution is 7.92. The second-order valence-corrected chi connectivity index (χ2v) is 6.51. The van der Waals surface area contributed by atoms with Crippen LogP contribution in [0.15, 0.2) is 29.2 Å². The van der Waals surface area contributed by atoms with Crippen LogP contribution in [-0.4, -0.2) is 31.7 Å². The fourth-order valence-corrected chi connectivity index (χ4v) is 2.19. The third-order valence-corrected chi connectivity index (χ3v) is 4.51. The predicted octanol–water partition coefficient (Wildman–Crippen LogP) is 2.41. The molecule has 1 aromatic carbocycles. The second-order valence-electron chi connectivity index (χ2n) is 4.57. The summed E-state index contributed by atoms with van der Waals surface area (Å²) < 4.78 is 59.4. The Balaban J connectivity index is 2.91. The molecule has 2 unspecified atom stereocenters. The minimum absolute atomic E-state index is 0.0330. The molecule has 4 nitrogen and oxygen atoms in total. The number of nitrogens with one attached hydrogen (secondary N) is 1. The molecule has 1 aromatic rings. The second kappa shape index (κ2) is 6.01. The highest BCUT2D eigenvalue weighted by Crippen LogP contribution is 2.30. The van der Waals surface area contributed by atoms with E-state index in [1.807, 2.05) is 0 Å². The molecule has 2 N–H and O–H groups in total. The molecule has 0 saturated heterocycles. The van der Waals surface area contributed by atoms with Gasteiger partial charge in [-0.15, -0.1) is 0 Å². The minimum Gasteiger partial charge on any atom is -0.396 e. The summed E-state index contributed by atoms with van der Waals surface area (Å²) in [5.41, 5.74) is -4.82. The van der Waals surface area contributed by atoms with E-state index >= 15 is 0 Å². The molecule has 0 saturated carbocycles. The van der Waals surface area contributed by atoms with Crippen molar-refractivity contribution in [1.82, 2.24) is 0 Å². The van der Waals surface area contributed by atoms with Crippen molar-refractivity contribution in [1.29, 1.82) is 0 Å². The summed E-state index contributed by atoms with van der Waals surface area (Å²) >= 11 is 0. The largest absolute Gasteiger partial charge is 0.501 e. The monoisotopic (exact) mass is 311 g/mol. The first-order valence-electron chi connectivity index (χ1n) is 5.88. The number of sulfone groups is 1. The molecule has 0 amide bonds. The molecule has 0 aliphatic rings. The van der Waals surface area contributed by atoms with Gasteiger partial charge in [-0.1, -0.05) is 6.92 Å². The van der Waals surface area contributed by atoms with Crippen LogP contribution in [0, 0.1) is 5.92 Å². The van der Waals surface area contributed by atoms with E-state index in [0.29, 0.717) is 5.69 Å². The van der Waals surface area contributed by atoms with Crippen molar-refractivity contribution in [2.45, 2.75) is 30.3 Å². The van der Waals surface area contributed by atoms with Gasteiger partial charge >= 0.3 is 5.51 Å². The number of aliphatic hydroxyl groups excluding tert-OH is 1. The molecule has 1 rings (SSSR count). The van der Waals surface area contributed by atoms with E-state index in [9.17, 15) is 21.6 Å². The van der Waals surface area contributed by atoms with Crippen molar-refractivity contribution in [2.24, 2.45) is 5.92 Å². The quantitative estimate of drug-likeness (QED) is 0.876. The first-order valence-corrected chi connectivity index (χ1v) is 7.36. The van der Waals surface area contributed by atoms with Gasteiger partial charge in [-0.3, -0.25) is 0 Å². The summed E-state index contributed by atoms with van der Waals surface area (Å²) in [5, 5.41) is 12.0. The number of alkyl halides is 3. The Morgan fingerprint density at radius 3 is 2.10 bits per heavy atom. The fraction of sp³-hybridized carbons (Fsp3) is 0.500. The molecule has 0 spiro atoms. The summed E-state index contributed by atoms with van der Waals surface area (Å²) in [4.78, 5) is -0.793. The molecule has 0 radical (unpaired) electrons. The molecule has 0 aliphatic carbocycles. The van der Waals surface area contributed by atoms with E-state index in [1.54, 1.807) is 13.8 Å². The molecule has 114 valence electrons. The van der Waals surface area contributed by atoms with Gasteiger partial charge in [-0.25, -0.2) is 8.42 Å². The summed E-state index contributed by atoms with van der Waals surface area (Å²) in [6.07, 6.45) is 0. The smallest absolute Gasteiger partial charge is 0.396 e. The highest BCUT2D eigenvalue weighted by atomic mass is 32.2. The predicted molar refractivity (Wildman–Crippen MR) is 69.0 cm³/mol. The molecule has 0 heterocycles. The maximum Gasteiger partial charge on any atom is 0.501 e. The molecule has 20 heavy (non-hydrogen) atoms. The van der Waals surface area contributed by atoms with Crippen molar-refractivity contribution >= 4 is 15.5 Å². The third kappa shape index (κ3) is 3.63. The van der Waals surface area contributed by atoms with Crippen LogP contribution in [0.3, 0.4) is 0 Å². The molecule has 8 heteroatoms. The zero-order valence-electron chi connectivity index (χ0n) is 11.0. The number of hydrogen-bond donors (Lipinski definition) is 2. The Hall–Kier alpha value is -1.28. The van der Waals surface area contributed by atoms with Gasteiger partial charge in [0.1, 0.15) is 0 Å². The Labute approximate surface area is 115 Å². The summed E-state index contributed by atoms with van der Waals surface area (Å²) in [6.45, 7) is 3.58. The number of benzene rings is 1. The number of aliphatic hydroxyl groups is 1. The molecule has 2 atom stereocenters. The van der Waals surface area contributed by atoms with Gasteiger partial charge in [0, 0.05) is 18.3 Å². The van der Waals surface area contributed by atoms with E-state index in [4.69, 9.17) is 5.11 Å². The number of halogens is 3. The van der Waals surface area contributed by atoms with Gasteiger partial charge in [0.05, 0.1) is 4.90 Å². The lowest BCUT2D eigenvalue weighted by Crippen LogP contribution is -2.26. The van der Waals surface area contributed by atoms with Gasteiger partial charge in [0.15, 0.2) is 0 Å². The van der Waals surface area contributed by atoms with Crippen LogP contribution in [-0.2, 0) is 9.84 Å². The zero-order valence-corrected chi connectivity index (χ0v) is 11.8. The lowest BCUT2D eigenvalue weighted by Gasteiger charge is -2.20. The summed E-state index contributed by atoms with van der Waals surface area (Å²) in [5.74, 6) is -0.0476.